The van der Waals surface area contributed by atoms with Crippen LogP contribution in [0.1, 0.15) is 142 Å². The highest BCUT2D eigenvalue weighted by Gasteiger charge is 2.26. The van der Waals surface area contributed by atoms with Crippen LogP contribution in [0, 0.1) is 0 Å². The van der Waals surface area contributed by atoms with E-state index in [2.05, 4.69) is 62.5 Å². The molecular weight excluding hydrogens is 631 g/mol. The third-order valence-electron chi connectivity index (χ3n) is 7.50. The summed E-state index contributed by atoms with van der Waals surface area (Å²) in [6.07, 6.45) is 36.4. The molecule has 0 bridgehead atoms. The molecule has 0 fully saturated rings. The van der Waals surface area contributed by atoms with Gasteiger partial charge in [0.25, 0.3) is 0 Å². The Hall–Kier alpha value is -1.58. The molecule has 0 amide bonds. The third-order valence-corrected chi connectivity index (χ3v) is 8.45. The van der Waals surface area contributed by atoms with E-state index in [1.165, 1.54) is 32.1 Å². The van der Waals surface area contributed by atoms with Gasteiger partial charge in [0.05, 0.1) is 26.4 Å². The van der Waals surface area contributed by atoms with Crippen molar-refractivity contribution >= 4 is 13.8 Å². The maximum Gasteiger partial charge on any atom is 0.472 e. The van der Waals surface area contributed by atoms with Gasteiger partial charge in [-0.2, -0.15) is 0 Å². The zero-order valence-corrected chi connectivity index (χ0v) is 31.1. The van der Waals surface area contributed by atoms with Gasteiger partial charge in [0.1, 0.15) is 12.2 Å². The third kappa shape index (κ3) is 34.3. The summed E-state index contributed by atoms with van der Waals surface area (Å²) in [7, 11) is -4.52. The minimum Gasteiger partial charge on any atom is -0.457 e. The summed E-state index contributed by atoms with van der Waals surface area (Å²) in [4.78, 5) is 22.4. The first-order chi connectivity index (χ1) is 23.3. The summed E-state index contributed by atoms with van der Waals surface area (Å²) in [6.45, 7) is 3.30. The molecule has 0 saturated heterocycles. The molecule has 0 aliphatic heterocycles. The summed E-state index contributed by atoms with van der Waals surface area (Å²) < 4.78 is 33.2. The standard InChI is InChI=1S/C38H69O9P/c1-3-5-7-9-11-13-15-17-19-21-23-25-27-29-31-44-34-37(35-46-48(42,43)45-33-36(40)32-39)47-38(41)30-28-26-24-22-20-18-16-14-12-10-8-6-4-2/h5,7,11,13-14,16-17,19,36-37,39-40H,3-4,6,8-10,12,15,18,20-35H2,1-2H3,(H,42,43)/b7-5-,13-11-,16-14-,19-17-. The Labute approximate surface area is 292 Å². The van der Waals surface area contributed by atoms with E-state index in [4.69, 9.17) is 23.6 Å². The van der Waals surface area contributed by atoms with E-state index in [0.717, 1.165) is 83.5 Å². The van der Waals surface area contributed by atoms with Crippen molar-refractivity contribution in [2.24, 2.45) is 0 Å². The van der Waals surface area contributed by atoms with Crippen molar-refractivity contribution in [3.63, 3.8) is 0 Å². The lowest BCUT2D eigenvalue weighted by molar-refractivity contribution is -0.154. The van der Waals surface area contributed by atoms with Crippen molar-refractivity contribution in [3.05, 3.63) is 48.6 Å². The number of esters is 1. The lowest BCUT2D eigenvalue weighted by Crippen LogP contribution is -2.29. The Morgan fingerprint density at radius 1 is 0.667 bits per heavy atom. The van der Waals surface area contributed by atoms with Crippen LogP contribution in [0.4, 0.5) is 0 Å². The molecule has 3 unspecified atom stereocenters. The van der Waals surface area contributed by atoms with Crippen LogP contribution >= 0.6 is 7.82 Å². The van der Waals surface area contributed by atoms with Gasteiger partial charge >= 0.3 is 13.8 Å². The minimum atomic E-state index is -4.52. The first-order valence-corrected chi connectivity index (χ1v) is 20.1. The molecule has 280 valence electrons. The Kier molecular flexibility index (Phi) is 34.1. The molecule has 0 aliphatic rings. The van der Waals surface area contributed by atoms with E-state index in [1.807, 2.05) is 0 Å². The van der Waals surface area contributed by atoms with Crippen LogP contribution in [0.5, 0.6) is 0 Å². The summed E-state index contributed by atoms with van der Waals surface area (Å²) in [5.41, 5.74) is 0. The molecule has 0 rings (SSSR count). The Morgan fingerprint density at radius 2 is 1.19 bits per heavy atom. The molecule has 10 heteroatoms. The molecule has 9 nitrogen and oxygen atoms in total. The number of carbonyl (C=O) groups excluding carboxylic acids is 1. The first kappa shape index (κ1) is 46.4. The molecule has 0 spiro atoms. The van der Waals surface area contributed by atoms with Crippen LogP contribution in [0.2, 0.25) is 0 Å². The molecule has 0 aromatic rings. The van der Waals surface area contributed by atoms with E-state index < -0.39 is 45.8 Å². The molecule has 0 aliphatic carbocycles. The number of hydrogen-bond acceptors (Lipinski definition) is 8. The molecule has 0 aromatic heterocycles. The lowest BCUT2D eigenvalue weighted by Gasteiger charge is -2.20. The highest BCUT2D eigenvalue weighted by Crippen LogP contribution is 2.43. The number of unbranched alkanes of at least 4 members (excludes halogenated alkanes) is 13. The Morgan fingerprint density at radius 3 is 1.81 bits per heavy atom. The van der Waals surface area contributed by atoms with Crippen molar-refractivity contribution in [1.29, 1.82) is 0 Å². The number of rotatable bonds is 35. The number of ether oxygens (including phenoxy) is 2. The van der Waals surface area contributed by atoms with Crippen molar-refractivity contribution in [3.8, 4) is 0 Å². The second-order valence-corrected chi connectivity index (χ2v) is 13.7. The fourth-order valence-electron chi connectivity index (χ4n) is 4.66. The van der Waals surface area contributed by atoms with Gasteiger partial charge in [-0.25, -0.2) is 4.57 Å². The zero-order chi connectivity index (χ0) is 35.4. The van der Waals surface area contributed by atoms with Crippen molar-refractivity contribution < 1.29 is 43.0 Å². The Balaban J connectivity index is 4.31. The molecule has 0 radical (unpaired) electrons. The van der Waals surface area contributed by atoms with Crippen molar-refractivity contribution in [2.45, 2.75) is 154 Å². The van der Waals surface area contributed by atoms with E-state index in [0.29, 0.717) is 13.0 Å². The van der Waals surface area contributed by atoms with Gasteiger partial charge in [-0.05, 0) is 70.6 Å². The first-order valence-electron chi connectivity index (χ1n) is 18.6. The number of hydrogen-bond donors (Lipinski definition) is 3. The summed E-state index contributed by atoms with van der Waals surface area (Å²) in [5.74, 6) is -0.403. The molecule has 48 heavy (non-hydrogen) atoms. The normalized spacial score (nSPS) is 14.9. The maximum atomic E-state index is 12.5. The van der Waals surface area contributed by atoms with Crippen LogP contribution in [0.3, 0.4) is 0 Å². The fraction of sp³-hybridized carbons (Fsp3) is 0.763. The van der Waals surface area contributed by atoms with Gasteiger partial charge in [-0.15, -0.1) is 0 Å². The summed E-state index contributed by atoms with van der Waals surface area (Å²) in [6, 6.07) is 0. The SMILES string of the molecule is CC/C=C\C/C=C\C/C=C\CCCCCCOCC(COP(=O)(O)OCC(O)CO)OC(=O)CCCCCCC/C=C\CCCCCC. The summed E-state index contributed by atoms with van der Waals surface area (Å²) >= 11 is 0. The van der Waals surface area contributed by atoms with Crippen LogP contribution in [0.25, 0.3) is 0 Å². The van der Waals surface area contributed by atoms with Gasteiger partial charge in [-0.3, -0.25) is 13.8 Å². The minimum absolute atomic E-state index is 0.0294. The number of phosphoric ester groups is 1. The van der Waals surface area contributed by atoms with Crippen LogP contribution in [-0.2, 0) is 27.9 Å². The average molecular weight is 701 g/mol. The van der Waals surface area contributed by atoms with E-state index in [9.17, 15) is 19.4 Å². The molecule has 0 saturated carbocycles. The molecule has 3 N–H and O–H groups in total. The topological polar surface area (TPSA) is 132 Å². The van der Waals surface area contributed by atoms with Gasteiger partial charge in [0.2, 0.25) is 0 Å². The van der Waals surface area contributed by atoms with Crippen molar-refractivity contribution in [2.75, 3.05) is 33.0 Å². The largest absolute Gasteiger partial charge is 0.472 e. The van der Waals surface area contributed by atoms with E-state index >= 15 is 0 Å². The van der Waals surface area contributed by atoms with Gasteiger partial charge in [0.15, 0.2) is 0 Å². The van der Waals surface area contributed by atoms with Crippen molar-refractivity contribution in [1.82, 2.24) is 0 Å². The van der Waals surface area contributed by atoms with Crippen LogP contribution < -0.4 is 0 Å². The predicted octanol–water partition coefficient (Wildman–Crippen LogP) is 9.47. The number of aliphatic hydroxyl groups is 2. The molecule has 0 aromatic carbocycles. The summed E-state index contributed by atoms with van der Waals surface area (Å²) in [5, 5.41) is 18.3. The van der Waals surface area contributed by atoms with E-state index in [-0.39, 0.29) is 13.0 Å². The second kappa shape index (κ2) is 35.3. The lowest BCUT2D eigenvalue weighted by atomic mass is 10.1. The molecule has 0 heterocycles. The average Bonchev–Trinajstić information content (AvgIpc) is 3.07. The van der Waals surface area contributed by atoms with Gasteiger partial charge in [0, 0.05) is 13.0 Å². The number of allylic oxidation sites excluding steroid dienone is 8. The molecular formula is C38H69O9P. The van der Waals surface area contributed by atoms with Gasteiger partial charge < -0.3 is 24.6 Å². The van der Waals surface area contributed by atoms with Gasteiger partial charge in [-0.1, -0.05) is 114 Å². The monoisotopic (exact) mass is 700 g/mol. The number of phosphoric acid groups is 1. The highest BCUT2D eigenvalue weighted by atomic mass is 31.2. The smallest absolute Gasteiger partial charge is 0.457 e. The maximum absolute atomic E-state index is 12.5. The van der Waals surface area contributed by atoms with E-state index in [1.54, 1.807) is 0 Å². The van der Waals surface area contributed by atoms with Crippen LogP contribution in [0.15, 0.2) is 48.6 Å². The number of aliphatic hydroxyl groups excluding tert-OH is 2. The fourth-order valence-corrected chi connectivity index (χ4v) is 5.45. The quantitative estimate of drug-likeness (QED) is 0.0256. The van der Waals surface area contributed by atoms with Crippen LogP contribution in [-0.4, -0.2) is 66.3 Å². The number of carbonyl (C=O) groups is 1. The predicted molar refractivity (Wildman–Crippen MR) is 196 cm³/mol. The molecule has 3 atom stereocenters. The second-order valence-electron chi connectivity index (χ2n) is 12.2. The zero-order valence-electron chi connectivity index (χ0n) is 30.2. The Bertz CT molecular complexity index is 887. The highest BCUT2D eigenvalue weighted by molar-refractivity contribution is 7.47.